The fourth-order valence-electron chi connectivity index (χ4n) is 2.78. The van der Waals surface area contributed by atoms with Crippen LogP contribution in [0.4, 0.5) is 4.39 Å². The molecule has 0 radical (unpaired) electrons. The van der Waals surface area contributed by atoms with Crippen molar-refractivity contribution in [2.45, 2.75) is 6.61 Å². The molecule has 5 nitrogen and oxygen atoms in total. The molecule has 0 atom stereocenters. The Hall–Kier alpha value is -3.67. The Balaban J connectivity index is 1.95. The zero-order chi connectivity index (χ0) is 20.8. The Morgan fingerprint density at radius 2 is 1.45 bits per heavy atom. The first-order valence-electron chi connectivity index (χ1n) is 8.81. The van der Waals surface area contributed by atoms with E-state index in [4.69, 9.17) is 9.47 Å². The summed E-state index contributed by atoms with van der Waals surface area (Å²) in [6, 6.07) is 18.0. The molecule has 0 N–H and O–H groups in total. The van der Waals surface area contributed by atoms with Gasteiger partial charge in [-0.2, -0.15) is 0 Å². The number of esters is 1. The van der Waals surface area contributed by atoms with Gasteiger partial charge in [0, 0.05) is 5.56 Å². The number of benzene rings is 3. The largest absolute Gasteiger partial charge is 0.494 e. The van der Waals surface area contributed by atoms with E-state index >= 15 is 0 Å². The number of rotatable bonds is 7. The molecule has 0 unspecified atom stereocenters. The topological polar surface area (TPSA) is 61.8 Å². The predicted octanol–water partition coefficient (Wildman–Crippen LogP) is 4.43. The summed E-state index contributed by atoms with van der Waals surface area (Å²) >= 11 is 0. The van der Waals surface area contributed by atoms with Crippen molar-refractivity contribution in [1.82, 2.24) is 0 Å². The predicted molar refractivity (Wildman–Crippen MR) is 105 cm³/mol. The van der Waals surface area contributed by atoms with Gasteiger partial charge in [-0.3, -0.25) is 4.79 Å². The molecule has 3 rings (SSSR count). The minimum Gasteiger partial charge on any atom is -0.494 e. The summed E-state index contributed by atoms with van der Waals surface area (Å²) in [6.07, 6.45) is 0. The van der Waals surface area contributed by atoms with Crippen LogP contribution < -0.4 is 9.47 Å². The molecular formula is C23H19FO5. The fourth-order valence-corrected chi connectivity index (χ4v) is 2.78. The van der Waals surface area contributed by atoms with Crippen molar-refractivity contribution in [2.75, 3.05) is 14.2 Å². The van der Waals surface area contributed by atoms with Gasteiger partial charge in [0.15, 0.2) is 17.3 Å². The van der Waals surface area contributed by atoms with Crippen molar-refractivity contribution in [1.29, 1.82) is 0 Å². The lowest BCUT2D eigenvalue weighted by molar-refractivity contribution is 0.0600. The van der Waals surface area contributed by atoms with Crippen LogP contribution in [0.3, 0.4) is 0 Å². The van der Waals surface area contributed by atoms with Crippen molar-refractivity contribution < 1.29 is 28.2 Å². The van der Waals surface area contributed by atoms with E-state index in [1.165, 1.54) is 50.6 Å². The first-order chi connectivity index (χ1) is 14.0. The van der Waals surface area contributed by atoms with Crippen LogP contribution in [-0.2, 0) is 11.3 Å². The third-order valence-electron chi connectivity index (χ3n) is 4.32. The number of ketones is 1. The van der Waals surface area contributed by atoms with E-state index in [0.717, 1.165) is 5.56 Å². The monoisotopic (exact) mass is 394 g/mol. The van der Waals surface area contributed by atoms with Crippen LogP contribution in [0, 0.1) is 5.82 Å². The molecule has 0 heterocycles. The zero-order valence-electron chi connectivity index (χ0n) is 16.0. The highest BCUT2D eigenvalue weighted by Gasteiger charge is 2.23. The van der Waals surface area contributed by atoms with Gasteiger partial charge in [0.25, 0.3) is 0 Å². The molecule has 3 aromatic carbocycles. The lowest BCUT2D eigenvalue weighted by atomic mass is 10.00. The van der Waals surface area contributed by atoms with E-state index in [9.17, 15) is 14.0 Å². The average Bonchev–Trinajstić information content (AvgIpc) is 2.77. The van der Waals surface area contributed by atoms with E-state index in [1.54, 1.807) is 0 Å². The minimum absolute atomic E-state index is 0.0633. The molecular weight excluding hydrogens is 375 g/mol. The average molecular weight is 394 g/mol. The normalized spacial score (nSPS) is 10.3. The maximum atomic E-state index is 15.0. The molecule has 0 fully saturated rings. The number of hydrogen-bond donors (Lipinski definition) is 0. The van der Waals surface area contributed by atoms with E-state index in [2.05, 4.69) is 4.74 Å². The number of carbonyl (C=O) groups is 2. The second-order valence-electron chi connectivity index (χ2n) is 6.13. The molecule has 0 spiro atoms. The Labute approximate surface area is 167 Å². The van der Waals surface area contributed by atoms with E-state index in [-0.39, 0.29) is 34.8 Å². The molecule has 148 valence electrons. The SMILES string of the molecule is COC(=O)c1ccc(C(=O)c2c(OCc3ccccc3)ccc(OC)c2F)cc1. The number of halogens is 1. The molecule has 0 amide bonds. The molecule has 6 heteroatoms. The molecule has 0 saturated heterocycles. The quantitative estimate of drug-likeness (QED) is 0.438. The van der Waals surface area contributed by atoms with Crippen LogP contribution in [0.2, 0.25) is 0 Å². The summed E-state index contributed by atoms with van der Waals surface area (Å²) < 4.78 is 30.3. The minimum atomic E-state index is -0.805. The molecule has 0 aromatic heterocycles. The van der Waals surface area contributed by atoms with Gasteiger partial charge in [-0.15, -0.1) is 0 Å². The number of hydrogen-bond acceptors (Lipinski definition) is 5. The molecule has 0 aliphatic carbocycles. The smallest absolute Gasteiger partial charge is 0.337 e. The number of ether oxygens (including phenoxy) is 3. The van der Waals surface area contributed by atoms with Crippen LogP contribution >= 0.6 is 0 Å². The Bertz CT molecular complexity index is 1010. The van der Waals surface area contributed by atoms with Crippen molar-refractivity contribution >= 4 is 11.8 Å². The maximum Gasteiger partial charge on any atom is 0.337 e. The highest BCUT2D eigenvalue weighted by Crippen LogP contribution is 2.31. The van der Waals surface area contributed by atoms with Gasteiger partial charge in [-0.25, -0.2) is 9.18 Å². The third kappa shape index (κ3) is 4.43. The van der Waals surface area contributed by atoms with E-state index in [0.29, 0.717) is 0 Å². The summed E-state index contributed by atoms with van der Waals surface area (Å²) in [5.74, 6) is -1.87. The van der Waals surface area contributed by atoms with Crippen LogP contribution in [-0.4, -0.2) is 26.0 Å². The van der Waals surface area contributed by atoms with Gasteiger partial charge >= 0.3 is 5.97 Å². The van der Waals surface area contributed by atoms with Crippen molar-refractivity contribution in [3.8, 4) is 11.5 Å². The summed E-state index contributed by atoms with van der Waals surface area (Å²) in [7, 11) is 2.59. The second kappa shape index (κ2) is 9.01. The molecule has 29 heavy (non-hydrogen) atoms. The Kier molecular flexibility index (Phi) is 6.24. The van der Waals surface area contributed by atoms with Crippen LogP contribution in [0.5, 0.6) is 11.5 Å². The lowest BCUT2D eigenvalue weighted by Crippen LogP contribution is -2.10. The molecule has 3 aromatic rings. The summed E-state index contributed by atoms with van der Waals surface area (Å²) in [5.41, 5.74) is 1.14. The first-order valence-corrected chi connectivity index (χ1v) is 8.81. The first kappa shape index (κ1) is 20.1. The molecule has 0 bridgehead atoms. The van der Waals surface area contributed by atoms with Gasteiger partial charge in [0.1, 0.15) is 17.9 Å². The van der Waals surface area contributed by atoms with Gasteiger partial charge in [0.05, 0.1) is 19.8 Å². The summed E-state index contributed by atoms with van der Waals surface area (Å²) in [6.45, 7) is 0.175. The molecule has 0 aliphatic heterocycles. The van der Waals surface area contributed by atoms with Crippen LogP contribution in [0.1, 0.15) is 31.8 Å². The van der Waals surface area contributed by atoms with Crippen molar-refractivity contribution in [3.05, 3.63) is 94.8 Å². The van der Waals surface area contributed by atoms with Crippen molar-refractivity contribution in [3.63, 3.8) is 0 Å². The lowest BCUT2D eigenvalue weighted by Gasteiger charge is -2.14. The molecule has 0 aliphatic rings. The summed E-state index contributed by atoms with van der Waals surface area (Å²) in [4.78, 5) is 24.6. The Morgan fingerprint density at radius 3 is 2.07 bits per heavy atom. The maximum absolute atomic E-state index is 15.0. The van der Waals surface area contributed by atoms with Crippen LogP contribution in [0.25, 0.3) is 0 Å². The highest BCUT2D eigenvalue weighted by atomic mass is 19.1. The summed E-state index contributed by atoms with van der Waals surface area (Å²) in [5, 5.41) is 0. The van der Waals surface area contributed by atoms with Gasteiger partial charge in [0.2, 0.25) is 0 Å². The second-order valence-corrected chi connectivity index (χ2v) is 6.13. The standard InChI is InChI=1S/C23H19FO5/c1-27-19-13-12-18(29-14-15-6-4-3-5-7-15)20(21(19)24)22(25)16-8-10-17(11-9-16)23(26)28-2/h3-13H,14H2,1-2H3. The molecule has 0 saturated carbocycles. The number of carbonyl (C=O) groups excluding carboxylic acids is 2. The van der Waals surface area contributed by atoms with Crippen LogP contribution in [0.15, 0.2) is 66.7 Å². The van der Waals surface area contributed by atoms with Gasteiger partial charge in [-0.05, 0) is 29.8 Å². The fraction of sp³-hybridized carbons (Fsp3) is 0.130. The van der Waals surface area contributed by atoms with E-state index < -0.39 is 17.6 Å². The zero-order valence-corrected chi connectivity index (χ0v) is 16.0. The Morgan fingerprint density at radius 1 is 0.828 bits per heavy atom. The van der Waals surface area contributed by atoms with Gasteiger partial charge in [-0.1, -0.05) is 42.5 Å². The van der Waals surface area contributed by atoms with Gasteiger partial charge < -0.3 is 14.2 Å². The number of methoxy groups -OCH3 is 2. The van der Waals surface area contributed by atoms with Crippen molar-refractivity contribution in [2.24, 2.45) is 0 Å². The highest BCUT2D eigenvalue weighted by molar-refractivity contribution is 6.11. The third-order valence-corrected chi connectivity index (χ3v) is 4.32. The van der Waals surface area contributed by atoms with E-state index in [1.807, 2.05) is 30.3 Å².